The molecule has 0 aromatic rings. The molecule has 0 aliphatic rings. The van der Waals surface area contributed by atoms with Gasteiger partial charge in [-0.15, -0.1) is 0 Å². The molecule has 5 heteroatoms. The molecule has 0 amide bonds. The van der Waals surface area contributed by atoms with Gasteiger partial charge < -0.3 is 15.7 Å². The Bertz CT molecular complexity index is 111. The van der Waals surface area contributed by atoms with Crippen molar-refractivity contribution >= 4 is 5.97 Å². The van der Waals surface area contributed by atoms with Gasteiger partial charge in [-0.05, 0) is 14.1 Å². The fourth-order valence-electron chi connectivity index (χ4n) is 0.733. The molecule has 0 saturated carbocycles. The van der Waals surface area contributed by atoms with Gasteiger partial charge in [-0.3, -0.25) is 4.79 Å². The van der Waals surface area contributed by atoms with Crippen LogP contribution in [0, 0.1) is 0 Å². The molecule has 4 nitrogen and oxygen atoms in total. The Morgan fingerprint density at radius 1 is 1.55 bits per heavy atom. The minimum atomic E-state index is -0.769. The number of nitrogens with one attached hydrogen (secondary N) is 2. The number of hydrogen-bond donors (Lipinski definition) is 3. The second-order valence-electron chi connectivity index (χ2n) is 2.14. The van der Waals surface area contributed by atoms with Crippen molar-refractivity contribution in [3.8, 4) is 0 Å². The third-order valence-corrected chi connectivity index (χ3v) is 1.28. The van der Waals surface area contributed by atoms with E-state index in [9.17, 15) is 4.79 Å². The molecule has 0 heterocycles. The van der Waals surface area contributed by atoms with E-state index in [2.05, 4.69) is 10.6 Å². The van der Waals surface area contributed by atoms with Gasteiger partial charge in [0.15, 0.2) is 0 Å². The summed E-state index contributed by atoms with van der Waals surface area (Å²) in [5.74, 6) is -0.769. The van der Waals surface area contributed by atoms with Crippen LogP contribution in [0.25, 0.3) is 0 Å². The molecule has 0 aliphatic heterocycles. The summed E-state index contributed by atoms with van der Waals surface area (Å²) in [7, 11) is 3.55. The molecule has 0 aromatic heterocycles. The Labute approximate surface area is 78.6 Å². The quantitative estimate of drug-likeness (QED) is 0.543. The first-order valence-electron chi connectivity index (χ1n) is 3.24. The van der Waals surface area contributed by atoms with Crippen LogP contribution in [0.1, 0.15) is 6.42 Å². The van der Waals surface area contributed by atoms with E-state index in [0.717, 1.165) is 0 Å². The predicted molar refractivity (Wildman–Crippen MR) is 39.0 cm³/mol. The Balaban J connectivity index is 0. The minimum Gasteiger partial charge on any atom is -0.481 e. The summed E-state index contributed by atoms with van der Waals surface area (Å²) in [6.07, 6.45) is 0.164. The van der Waals surface area contributed by atoms with Crippen molar-refractivity contribution in [3.05, 3.63) is 0 Å². The Morgan fingerprint density at radius 3 is 2.36 bits per heavy atom. The summed E-state index contributed by atoms with van der Waals surface area (Å²) in [4.78, 5) is 10.2. The van der Waals surface area contributed by atoms with Crippen LogP contribution < -0.4 is 10.6 Å². The van der Waals surface area contributed by atoms with Crippen LogP contribution >= 0.6 is 0 Å². The van der Waals surface area contributed by atoms with Crippen LogP contribution in [0.5, 0.6) is 0 Å². The summed E-state index contributed by atoms with van der Waals surface area (Å²) in [6.45, 7) is 0.683. The number of likely N-dealkylation sites (N-methyl/N-ethyl adjacent to an activating group) is 2. The van der Waals surface area contributed by atoms with Gasteiger partial charge in [0.2, 0.25) is 0 Å². The second kappa shape index (κ2) is 8.07. The number of rotatable bonds is 5. The zero-order chi connectivity index (χ0) is 7.98. The van der Waals surface area contributed by atoms with E-state index in [-0.39, 0.29) is 31.0 Å². The van der Waals surface area contributed by atoms with Crippen LogP contribution in [0.2, 0.25) is 0 Å². The summed E-state index contributed by atoms with van der Waals surface area (Å²) in [5, 5.41) is 14.2. The van der Waals surface area contributed by atoms with E-state index in [4.69, 9.17) is 5.11 Å². The normalized spacial score (nSPS) is 11.8. The van der Waals surface area contributed by atoms with E-state index >= 15 is 0 Å². The maximum Gasteiger partial charge on any atom is 0.304 e. The monoisotopic (exact) mass is 197 g/mol. The van der Waals surface area contributed by atoms with E-state index in [1.165, 1.54) is 0 Å². The zero-order valence-corrected chi connectivity index (χ0v) is 8.19. The van der Waals surface area contributed by atoms with Gasteiger partial charge in [0.25, 0.3) is 0 Å². The largest absolute Gasteiger partial charge is 0.481 e. The summed E-state index contributed by atoms with van der Waals surface area (Å²) in [6, 6.07) is 0.0301. The molecule has 11 heavy (non-hydrogen) atoms. The van der Waals surface area contributed by atoms with Crippen molar-refractivity contribution in [1.29, 1.82) is 0 Å². The topological polar surface area (TPSA) is 61.4 Å². The van der Waals surface area contributed by atoms with Gasteiger partial charge >= 0.3 is 5.97 Å². The van der Waals surface area contributed by atoms with Crippen LogP contribution in [0.15, 0.2) is 0 Å². The number of carboxylic acid groups (broad SMARTS) is 1. The van der Waals surface area contributed by atoms with Gasteiger partial charge in [0.05, 0.1) is 6.42 Å². The first-order valence-corrected chi connectivity index (χ1v) is 3.24. The van der Waals surface area contributed by atoms with Crippen LogP contribution in [-0.4, -0.2) is 37.8 Å². The van der Waals surface area contributed by atoms with Crippen molar-refractivity contribution < 1.29 is 28.5 Å². The maximum atomic E-state index is 10.2. The van der Waals surface area contributed by atoms with Crippen molar-refractivity contribution in [2.45, 2.75) is 12.5 Å². The van der Waals surface area contributed by atoms with Crippen LogP contribution in [-0.2, 0) is 23.4 Å². The average Bonchev–Trinajstić information content (AvgIpc) is 1.86. The van der Waals surface area contributed by atoms with Crippen molar-refractivity contribution in [2.75, 3.05) is 20.6 Å². The first-order chi connectivity index (χ1) is 4.70. The molecule has 1 atom stereocenters. The van der Waals surface area contributed by atoms with E-state index in [0.29, 0.717) is 6.54 Å². The SMILES string of the molecule is CNCC(CC(=O)O)NC.[V]. The Kier molecular flexibility index (Phi) is 9.95. The molecule has 0 bridgehead atoms. The third kappa shape index (κ3) is 7.88. The van der Waals surface area contributed by atoms with Crippen molar-refractivity contribution in [2.24, 2.45) is 0 Å². The smallest absolute Gasteiger partial charge is 0.304 e. The molecule has 1 unspecified atom stereocenters. The van der Waals surface area contributed by atoms with E-state index in [1.807, 2.05) is 0 Å². The number of aliphatic carboxylic acids is 1. The minimum absolute atomic E-state index is 0. The van der Waals surface area contributed by atoms with Gasteiger partial charge in [0.1, 0.15) is 0 Å². The summed E-state index contributed by atoms with van der Waals surface area (Å²) in [5.41, 5.74) is 0. The molecule has 0 aliphatic carbocycles. The van der Waals surface area contributed by atoms with Gasteiger partial charge in [-0.1, -0.05) is 0 Å². The van der Waals surface area contributed by atoms with Crippen molar-refractivity contribution in [3.63, 3.8) is 0 Å². The number of hydrogen-bond acceptors (Lipinski definition) is 3. The van der Waals surface area contributed by atoms with Crippen LogP contribution in [0.3, 0.4) is 0 Å². The summed E-state index contributed by atoms with van der Waals surface area (Å²) >= 11 is 0. The summed E-state index contributed by atoms with van der Waals surface area (Å²) < 4.78 is 0. The molecule has 1 radical (unpaired) electrons. The first kappa shape index (κ1) is 13.6. The fourth-order valence-corrected chi connectivity index (χ4v) is 0.733. The number of carboxylic acids is 1. The average molecular weight is 197 g/mol. The predicted octanol–water partition coefficient (Wildman–Crippen LogP) is -0.734. The molecule has 65 valence electrons. The Morgan fingerprint density at radius 2 is 2.09 bits per heavy atom. The zero-order valence-electron chi connectivity index (χ0n) is 6.79. The molecule has 0 fully saturated rings. The maximum absolute atomic E-state index is 10.2. The second-order valence-corrected chi connectivity index (χ2v) is 2.14. The van der Waals surface area contributed by atoms with E-state index in [1.54, 1.807) is 14.1 Å². The van der Waals surface area contributed by atoms with Gasteiger partial charge in [0, 0.05) is 31.1 Å². The molecule has 0 saturated heterocycles. The van der Waals surface area contributed by atoms with Crippen molar-refractivity contribution in [1.82, 2.24) is 10.6 Å². The van der Waals surface area contributed by atoms with Gasteiger partial charge in [-0.25, -0.2) is 0 Å². The van der Waals surface area contributed by atoms with Crippen LogP contribution in [0.4, 0.5) is 0 Å². The molecular formula is C6H14N2O2V. The molecular weight excluding hydrogens is 183 g/mol. The molecule has 0 aromatic carbocycles. The number of carbonyl (C=O) groups is 1. The Hall–Kier alpha value is -0.0256. The molecule has 3 N–H and O–H groups in total. The standard InChI is InChI=1S/C6H14N2O2.V/c1-7-4-5(8-2)3-6(9)10;/h5,7-8H,3-4H2,1-2H3,(H,9,10);. The fraction of sp³-hybridized carbons (Fsp3) is 0.833. The molecule has 0 rings (SSSR count). The van der Waals surface area contributed by atoms with Gasteiger partial charge in [-0.2, -0.15) is 0 Å². The third-order valence-electron chi connectivity index (χ3n) is 1.28. The molecule has 0 spiro atoms. The van der Waals surface area contributed by atoms with E-state index < -0.39 is 5.97 Å².